The molecule has 4 nitrogen and oxygen atoms in total. The molecule has 1 heterocycles. The normalized spacial score (nSPS) is 18.4. The highest BCUT2D eigenvalue weighted by molar-refractivity contribution is 5.25. The summed E-state index contributed by atoms with van der Waals surface area (Å²) in [4.78, 5) is 2.25. The molecule has 1 unspecified atom stereocenters. The summed E-state index contributed by atoms with van der Waals surface area (Å²) in [5.74, 6) is 0. The molecule has 1 saturated heterocycles. The molecule has 1 atom stereocenters. The van der Waals surface area contributed by atoms with Crippen LogP contribution < -0.4 is 5.32 Å². The van der Waals surface area contributed by atoms with Gasteiger partial charge in [-0.3, -0.25) is 4.90 Å². The molecule has 2 rings (SSSR count). The Balaban J connectivity index is 1.66. The van der Waals surface area contributed by atoms with Crippen molar-refractivity contribution >= 4 is 0 Å². The van der Waals surface area contributed by atoms with Crippen LogP contribution in [0.2, 0.25) is 0 Å². The molecule has 0 radical (unpaired) electrons. The van der Waals surface area contributed by atoms with Gasteiger partial charge in [-0.25, -0.2) is 0 Å². The number of β-amino-alcohol motifs (C(OH)–C–C–N with tert-alkyl or cyclic N) is 1. The van der Waals surface area contributed by atoms with Crippen LogP contribution in [0.4, 0.5) is 0 Å². The van der Waals surface area contributed by atoms with Crippen molar-refractivity contribution in [3.63, 3.8) is 0 Å². The van der Waals surface area contributed by atoms with Crippen LogP contribution in [-0.2, 0) is 11.3 Å². The second-order valence-electron chi connectivity index (χ2n) is 5.12. The number of hydrogen-bond donors (Lipinski definition) is 2. The molecule has 1 aliphatic heterocycles. The molecule has 106 valence electrons. The van der Waals surface area contributed by atoms with E-state index in [4.69, 9.17) is 4.74 Å². The van der Waals surface area contributed by atoms with Gasteiger partial charge in [0.05, 0.1) is 19.3 Å². The van der Waals surface area contributed by atoms with Crippen molar-refractivity contribution in [1.82, 2.24) is 10.2 Å². The highest BCUT2D eigenvalue weighted by Gasteiger charge is 2.14. The lowest BCUT2D eigenvalue weighted by molar-refractivity contribution is 0.0149. The van der Waals surface area contributed by atoms with Gasteiger partial charge in [0.2, 0.25) is 0 Å². The molecule has 0 amide bonds. The van der Waals surface area contributed by atoms with Crippen molar-refractivity contribution < 1.29 is 9.84 Å². The van der Waals surface area contributed by atoms with Gasteiger partial charge < -0.3 is 15.2 Å². The van der Waals surface area contributed by atoms with Crippen LogP contribution in [0.15, 0.2) is 24.3 Å². The first kappa shape index (κ1) is 14.5. The number of aliphatic hydroxyl groups excluding tert-OH is 1. The zero-order chi connectivity index (χ0) is 13.5. The monoisotopic (exact) mass is 264 g/mol. The van der Waals surface area contributed by atoms with E-state index in [1.165, 1.54) is 11.1 Å². The molecular weight excluding hydrogens is 240 g/mol. The molecule has 19 heavy (non-hydrogen) atoms. The number of nitrogens with one attached hydrogen (secondary N) is 1. The average molecular weight is 264 g/mol. The van der Waals surface area contributed by atoms with Crippen LogP contribution >= 0.6 is 0 Å². The quantitative estimate of drug-likeness (QED) is 0.797. The van der Waals surface area contributed by atoms with Crippen LogP contribution in [0.5, 0.6) is 0 Å². The molecule has 1 fully saturated rings. The fourth-order valence-corrected chi connectivity index (χ4v) is 2.33. The molecule has 1 aliphatic rings. The maximum Gasteiger partial charge on any atom is 0.0791 e. The second kappa shape index (κ2) is 7.60. The fraction of sp³-hybridized carbons (Fsp3) is 0.600. The third-order valence-corrected chi connectivity index (χ3v) is 3.53. The van der Waals surface area contributed by atoms with Gasteiger partial charge in [0.1, 0.15) is 0 Å². The molecule has 0 spiro atoms. The van der Waals surface area contributed by atoms with Gasteiger partial charge >= 0.3 is 0 Å². The van der Waals surface area contributed by atoms with Gasteiger partial charge in [0.15, 0.2) is 0 Å². The maximum absolute atomic E-state index is 10.0. The van der Waals surface area contributed by atoms with Crippen molar-refractivity contribution in [3.8, 4) is 0 Å². The van der Waals surface area contributed by atoms with Gasteiger partial charge in [-0.05, 0) is 18.1 Å². The van der Waals surface area contributed by atoms with Crippen molar-refractivity contribution in [2.45, 2.75) is 19.6 Å². The lowest BCUT2D eigenvalue weighted by atomic mass is 10.1. The molecule has 0 aliphatic carbocycles. The Morgan fingerprint density at radius 3 is 2.79 bits per heavy atom. The SMILES string of the molecule is Cc1ccccc1CNCC(O)CN1CCOCC1. The van der Waals surface area contributed by atoms with E-state index < -0.39 is 0 Å². The number of morpholine rings is 1. The number of rotatable bonds is 6. The van der Waals surface area contributed by atoms with E-state index in [1.54, 1.807) is 0 Å². The minimum absolute atomic E-state index is 0.317. The van der Waals surface area contributed by atoms with Crippen molar-refractivity contribution in [2.24, 2.45) is 0 Å². The average Bonchev–Trinajstić information content (AvgIpc) is 2.42. The summed E-state index contributed by atoms with van der Waals surface area (Å²) in [6.07, 6.45) is -0.317. The molecule has 1 aromatic carbocycles. The second-order valence-corrected chi connectivity index (χ2v) is 5.12. The van der Waals surface area contributed by atoms with Gasteiger partial charge in [-0.15, -0.1) is 0 Å². The first-order valence-electron chi connectivity index (χ1n) is 6.99. The first-order chi connectivity index (χ1) is 9.25. The minimum Gasteiger partial charge on any atom is -0.390 e. The van der Waals surface area contributed by atoms with Crippen molar-refractivity contribution in [3.05, 3.63) is 35.4 Å². The lowest BCUT2D eigenvalue weighted by Gasteiger charge is -2.28. The van der Waals surface area contributed by atoms with Crippen molar-refractivity contribution in [1.29, 1.82) is 0 Å². The Morgan fingerprint density at radius 2 is 2.05 bits per heavy atom. The Morgan fingerprint density at radius 1 is 1.32 bits per heavy atom. The Labute approximate surface area is 115 Å². The van der Waals surface area contributed by atoms with E-state index in [-0.39, 0.29) is 6.10 Å². The molecule has 2 N–H and O–H groups in total. The lowest BCUT2D eigenvalue weighted by Crippen LogP contribution is -2.43. The number of aryl methyl sites for hydroxylation is 1. The third kappa shape index (κ3) is 4.91. The van der Waals surface area contributed by atoms with E-state index in [0.717, 1.165) is 39.4 Å². The largest absolute Gasteiger partial charge is 0.390 e. The van der Waals surface area contributed by atoms with Gasteiger partial charge in [0.25, 0.3) is 0 Å². The summed E-state index contributed by atoms with van der Waals surface area (Å²) in [7, 11) is 0. The Kier molecular flexibility index (Phi) is 5.79. The van der Waals surface area contributed by atoms with Gasteiger partial charge in [0, 0.05) is 32.7 Å². The number of ether oxygens (including phenoxy) is 1. The molecule has 0 bridgehead atoms. The number of benzene rings is 1. The zero-order valence-corrected chi connectivity index (χ0v) is 11.6. The Bertz CT molecular complexity index is 378. The highest BCUT2D eigenvalue weighted by Crippen LogP contribution is 2.06. The van der Waals surface area contributed by atoms with E-state index in [0.29, 0.717) is 6.54 Å². The van der Waals surface area contributed by atoms with E-state index in [2.05, 4.69) is 29.3 Å². The van der Waals surface area contributed by atoms with E-state index in [1.807, 2.05) is 12.1 Å². The Hall–Kier alpha value is -0.940. The maximum atomic E-state index is 10.0. The predicted octanol–water partition coefficient (Wildman–Crippen LogP) is 0.778. The van der Waals surface area contributed by atoms with Gasteiger partial charge in [-0.2, -0.15) is 0 Å². The number of hydrogen-bond acceptors (Lipinski definition) is 4. The third-order valence-electron chi connectivity index (χ3n) is 3.53. The number of aliphatic hydroxyl groups is 1. The smallest absolute Gasteiger partial charge is 0.0791 e. The summed E-state index contributed by atoms with van der Waals surface area (Å²) in [6, 6.07) is 8.33. The van der Waals surface area contributed by atoms with E-state index in [9.17, 15) is 5.11 Å². The van der Waals surface area contributed by atoms with E-state index >= 15 is 0 Å². The topological polar surface area (TPSA) is 44.7 Å². The fourth-order valence-electron chi connectivity index (χ4n) is 2.33. The molecule has 0 aromatic heterocycles. The molecular formula is C15H24N2O2. The number of nitrogens with zero attached hydrogens (tertiary/aromatic N) is 1. The molecule has 4 heteroatoms. The first-order valence-corrected chi connectivity index (χ1v) is 6.99. The van der Waals surface area contributed by atoms with Crippen molar-refractivity contribution in [2.75, 3.05) is 39.4 Å². The summed E-state index contributed by atoms with van der Waals surface area (Å²) >= 11 is 0. The highest BCUT2D eigenvalue weighted by atomic mass is 16.5. The predicted molar refractivity (Wildman–Crippen MR) is 76.2 cm³/mol. The van der Waals surface area contributed by atoms with Crippen LogP contribution in [0, 0.1) is 6.92 Å². The zero-order valence-electron chi connectivity index (χ0n) is 11.6. The van der Waals surface area contributed by atoms with Crippen LogP contribution in [0.25, 0.3) is 0 Å². The summed E-state index contributed by atoms with van der Waals surface area (Å²) in [5.41, 5.74) is 2.58. The van der Waals surface area contributed by atoms with Crippen LogP contribution in [0.3, 0.4) is 0 Å². The standard InChI is InChI=1S/C15H24N2O2/c1-13-4-2-3-5-14(13)10-16-11-15(18)12-17-6-8-19-9-7-17/h2-5,15-16,18H,6-12H2,1H3. The van der Waals surface area contributed by atoms with Crippen LogP contribution in [-0.4, -0.2) is 55.5 Å². The molecule has 0 saturated carbocycles. The van der Waals surface area contributed by atoms with Gasteiger partial charge in [-0.1, -0.05) is 24.3 Å². The summed E-state index contributed by atoms with van der Waals surface area (Å²) < 4.78 is 5.29. The summed E-state index contributed by atoms with van der Waals surface area (Å²) in [6.45, 7) is 7.69. The molecule has 1 aromatic rings. The summed E-state index contributed by atoms with van der Waals surface area (Å²) in [5, 5.41) is 13.3. The van der Waals surface area contributed by atoms with Crippen LogP contribution in [0.1, 0.15) is 11.1 Å². The minimum atomic E-state index is -0.317.